The number of hydrogen-bond donors (Lipinski definition) is 2. The van der Waals surface area contributed by atoms with Crippen molar-refractivity contribution in [2.45, 2.75) is 245 Å². The summed E-state index contributed by atoms with van der Waals surface area (Å²) in [6.07, 6.45) is 45.1. The van der Waals surface area contributed by atoms with Crippen LogP contribution in [0.1, 0.15) is 239 Å². The first kappa shape index (κ1) is 51.8. The van der Waals surface area contributed by atoms with Crippen LogP contribution in [-0.2, 0) is 28.2 Å². The third kappa shape index (κ3) is 43.4. The van der Waals surface area contributed by atoms with Gasteiger partial charge in [-0.25, -0.2) is 4.57 Å². The highest BCUT2D eigenvalue weighted by atomic mass is 31.2. The Hall–Kier alpha value is -1.21. The monoisotopic (exact) mass is 773 g/mol. The number of carbonyl (C=O) groups excluding carboxylic acids is 2. The molecule has 0 saturated carbocycles. The van der Waals surface area contributed by atoms with Crippen molar-refractivity contribution in [3.8, 4) is 0 Å². The number of rotatable bonds is 42. The summed E-state index contributed by atoms with van der Waals surface area (Å²) in [4.78, 5) is 42.9. The summed E-state index contributed by atoms with van der Waals surface area (Å²) >= 11 is 0. The number of hydrogen-bond acceptors (Lipinski definition) is 6. The van der Waals surface area contributed by atoms with Gasteiger partial charge in [0.2, 0.25) is 0 Å². The van der Waals surface area contributed by atoms with Crippen molar-refractivity contribution in [1.29, 1.82) is 0 Å². The van der Waals surface area contributed by atoms with E-state index >= 15 is 0 Å². The van der Waals surface area contributed by atoms with Crippen molar-refractivity contribution in [1.82, 2.24) is 0 Å². The fourth-order valence-electron chi connectivity index (χ4n) is 6.66. The number of phosphoric acid groups is 1. The molecule has 0 aromatic rings. The standard InChI is InChI=1S/C44H85O8P/c1-3-5-7-9-11-13-15-17-19-20-21-22-23-25-27-29-31-33-35-37-39-44(46)52-42(41-51-53(47,48)49)40-50-43(45)38-36-34-32-30-28-26-24-18-16-14-12-10-8-6-4-2/h14,16,42H,3-13,15,17-41H2,1-2H3,(H2,47,48,49)/b16-14+/t42-/m1/s1. The van der Waals surface area contributed by atoms with Crippen molar-refractivity contribution >= 4 is 19.8 Å². The van der Waals surface area contributed by atoms with E-state index in [0.717, 1.165) is 44.9 Å². The first-order chi connectivity index (χ1) is 25.8. The van der Waals surface area contributed by atoms with E-state index in [4.69, 9.17) is 19.3 Å². The van der Waals surface area contributed by atoms with Crippen molar-refractivity contribution in [3.05, 3.63) is 12.2 Å². The van der Waals surface area contributed by atoms with Crippen molar-refractivity contribution in [2.24, 2.45) is 0 Å². The fraction of sp³-hybridized carbons (Fsp3) is 0.909. The van der Waals surface area contributed by atoms with E-state index in [1.807, 2.05) is 0 Å². The molecule has 0 spiro atoms. The lowest BCUT2D eigenvalue weighted by Crippen LogP contribution is -2.29. The molecule has 0 fully saturated rings. The molecule has 2 N–H and O–H groups in total. The molecule has 0 rings (SSSR count). The fourth-order valence-corrected chi connectivity index (χ4v) is 7.02. The SMILES string of the molecule is CCCCCC/C=C/CCCCCCCCCC(=O)OC[C@H](COP(=O)(O)O)OC(=O)CCCCCCCCCCCCCCCCCCCCCC. The van der Waals surface area contributed by atoms with E-state index in [1.54, 1.807) is 0 Å². The second-order valence-corrected chi connectivity index (χ2v) is 16.6. The minimum absolute atomic E-state index is 0.217. The van der Waals surface area contributed by atoms with E-state index in [1.165, 1.54) is 161 Å². The van der Waals surface area contributed by atoms with E-state index in [9.17, 15) is 14.2 Å². The molecule has 0 aliphatic rings. The van der Waals surface area contributed by atoms with Crippen LogP contribution in [0.3, 0.4) is 0 Å². The summed E-state index contributed by atoms with van der Waals surface area (Å²) in [7, 11) is -4.75. The number of ether oxygens (including phenoxy) is 2. The lowest BCUT2D eigenvalue weighted by Gasteiger charge is -2.18. The van der Waals surface area contributed by atoms with Crippen LogP contribution in [0, 0.1) is 0 Å². The maximum Gasteiger partial charge on any atom is 0.469 e. The quantitative estimate of drug-likeness (QED) is 0.0272. The molecule has 0 radical (unpaired) electrons. The first-order valence-corrected chi connectivity index (χ1v) is 24.0. The van der Waals surface area contributed by atoms with Gasteiger partial charge in [0.25, 0.3) is 0 Å². The van der Waals surface area contributed by atoms with Gasteiger partial charge in [-0.05, 0) is 38.5 Å². The Labute approximate surface area is 327 Å². The molecule has 53 heavy (non-hydrogen) atoms. The minimum Gasteiger partial charge on any atom is -0.462 e. The zero-order valence-electron chi connectivity index (χ0n) is 34.7. The van der Waals surface area contributed by atoms with Crippen molar-refractivity contribution in [3.63, 3.8) is 0 Å². The van der Waals surface area contributed by atoms with Gasteiger partial charge in [-0.1, -0.05) is 199 Å². The van der Waals surface area contributed by atoms with Crippen LogP contribution in [0.4, 0.5) is 0 Å². The summed E-state index contributed by atoms with van der Waals surface area (Å²) in [6.45, 7) is 3.70. The Bertz CT molecular complexity index is 873. The third-order valence-electron chi connectivity index (χ3n) is 10.0. The molecule has 0 saturated heterocycles. The maximum atomic E-state index is 12.4. The predicted molar refractivity (Wildman–Crippen MR) is 221 cm³/mol. The highest BCUT2D eigenvalue weighted by Gasteiger charge is 2.23. The molecule has 0 amide bonds. The molecule has 0 aromatic carbocycles. The number of esters is 2. The van der Waals surface area contributed by atoms with Gasteiger partial charge in [-0.2, -0.15) is 0 Å². The third-order valence-corrected chi connectivity index (χ3v) is 10.5. The average molecular weight is 773 g/mol. The van der Waals surface area contributed by atoms with E-state index < -0.39 is 32.5 Å². The molecule has 0 heterocycles. The van der Waals surface area contributed by atoms with E-state index in [-0.39, 0.29) is 19.4 Å². The second-order valence-electron chi connectivity index (χ2n) is 15.4. The highest BCUT2D eigenvalue weighted by Crippen LogP contribution is 2.36. The number of allylic oxidation sites excluding steroid dienone is 2. The van der Waals surface area contributed by atoms with Gasteiger partial charge in [0.05, 0.1) is 6.61 Å². The van der Waals surface area contributed by atoms with Gasteiger partial charge >= 0.3 is 19.8 Å². The van der Waals surface area contributed by atoms with Crippen LogP contribution in [0.25, 0.3) is 0 Å². The Morgan fingerprint density at radius 1 is 0.472 bits per heavy atom. The minimum atomic E-state index is -4.75. The van der Waals surface area contributed by atoms with Gasteiger partial charge in [0.15, 0.2) is 6.10 Å². The molecule has 314 valence electrons. The molecular formula is C44H85O8P. The Balaban J connectivity index is 3.83. The zero-order valence-corrected chi connectivity index (χ0v) is 35.6. The molecule has 0 aliphatic carbocycles. The summed E-state index contributed by atoms with van der Waals surface area (Å²) < 4.78 is 26.4. The zero-order chi connectivity index (χ0) is 38.9. The van der Waals surface area contributed by atoms with Gasteiger partial charge in [-0.15, -0.1) is 0 Å². The molecule has 0 bridgehead atoms. The topological polar surface area (TPSA) is 119 Å². The van der Waals surface area contributed by atoms with Crippen LogP contribution >= 0.6 is 7.82 Å². The molecule has 8 nitrogen and oxygen atoms in total. The summed E-state index contributed by atoms with van der Waals surface area (Å²) in [5, 5.41) is 0. The molecule has 1 atom stereocenters. The molecule has 9 heteroatoms. The van der Waals surface area contributed by atoms with Crippen LogP contribution < -0.4 is 0 Å². The van der Waals surface area contributed by atoms with Crippen molar-refractivity contribution < 1.29 is 37.9 Å². The summed E-state index contributed by atoms with van der Waals surface area (Å²) in [5.41, 5.74) is 0. The molecular weight excluding hydrogens is 687 g/mol. The first-order valence-electron chi connectivity index (χ1n) is 22.5. The number of carbonyl (C=O) groups is 2. The summed E-state index contributed by atoms with van der Waals surface area (Å²) in [6, 6.07) is 0. The van der Waals surface area contributed by atoms with Crippen LogP contribution in [0.15, 0.2) is 12.2 Å². The summed E-state index contributed by atoms with van der Waals surface area (Å²) in [5.74, 6) is -0.876. The normalized spacial score (nSPS) is 12.5. The predicted octanol–water partition coefficient (Wildman–Crippen LogP) is 13.8. The lowest BCUT2D eigenvalue weighted by atomic mass is 10.0. The van der Waals surface area contributed by atoms with Crippen LogP contribution in [0.2, 0.25) is 0 Å². The van der Waals surface area contributed by atoms with E-state index in [0.29, 0.717) is 6.42 Å². The highest BCUT2D eigenvalue weighted by molar-refractivity contribution is 7.46. The number of phosphoric ester groups is 1. The lowest BCUT2D eigenvalue weighted by molar-refractivity contribution is -0.161. The van der Waals surface area contributed by atoms with Gasteiger partial charge in [0.1, 0.15) is 6.61 Å². The van der Waals surface area contributed by atoms with Crippen LogP contribution in [0.5, 0.6) is 0 Å². The number of unbranched alkanes of at least 4 members (excludes halogenated alkanes) is 30. The Morgan fingerprint density at radius 2 is 0.792 bits per heavy atom. The van der Waals surface area contributed by atoms with E-state index in [2.05, 4.69) is 30.5 Å². The smallest absolute Gasteiger partial charge is 0.462 e. The maximum absolute atomic E-state index is 12.4. The average Bonchev–Trinajstić information content (AvgIpc) is 3.13. The Kier molecular flexibility index (Phi) is 39.5. The molecule has 0 unspecified atom stereocenters. The van der Waals surface area contributed by atoms with Crippen LogP contribution in [-0.4, -0.2) is 41.0 Å². The second kappa shape index (κ2) is 40.5. The van der Waals surface area contributed by atoms with Crippen molar-refractivity contribution in [2.75, 3.05) is 13.2 Å². The van der Waals surface area contributed by atoms with Gasteiger partial charge in [0, 0.05) is 12.8 Å². The molecule has 0 aliphatic heterocycles. The van der Waals surface area contributed by atoms with Gasteiger partial charge in [-0.3, -0.25) is 14.1 Å². The Morgan fingerprint density at radius 3 is 1.17 bits per heavy atom. The molecule has 0 aromatic heterocycles. The van der Waals surface area contributed by atoms with Gasteiger partial charge < -0.3 is 19.3 Å². The largest absolute Gasteiger partial charge is 0.469 e.